The minimum absolute atomic E-state index is 0.109. The molecule has 7 nitrogen and oxygen atoms in total. The Morgan fingerprint density at radius 3 is 2.12 bits per heavy atom. The molecule has 1 unspecified atom stereocenters. The van der Waals surface area contributed by atoms with Crippen molar-refractivity contribution < 1.29 is 18.0 Å². The highest BCUT2D eigenvalue weighted by molar-refractivity contribution is 7.92. The van der Waals surface area contributed by atoms with Crippen molar-refractivity contribution in [2.75, 3.05) is 23.7 Å². The molecular weight excluding hydrogens is 522 g/mol. The van der Waals surface area contributed by atoms with Crippen LogP contribution >= 0.6 is 0 Å². The van der Waals surface area contributed by atoms with Crippen LogP contribution in [-0.4, -0.2) is 50.5 Å². The van der Waals surface area contributed by atoms with Gasteiger partial charge in [0.05, 0.1) is 11.9 Å². The van der Waals surface area contributed by atoms with Gasteiger partial charge in [0.15, 0.2) is 0 Å². The molecule has 2 amide bonds. The molecule has 0 saturated carbocycles. The van der Waals surface area contributed by atoms with Crippen LogP contribution in [0.5, 0.6) is 0 Å². The maximum atomic E-state index is 13.8. The van der Waals surface area contributed by atoms with Gasteiger partial charge in [-0.15, -0.1) is 0 Å². The number of carbonyl (C=O) groups excluding carboxylic acids is 2. The summed E-state index contributed by atoms with van der Waals surface area (Å²) in [4.78, 5) is 29.0. The van der Waals surface area contributed by atoms with Crippen molar-refractivity contribution in [1.29, 1.82) is 0 Å². The fourth-order valence-electron chi connectivity index (χ4n) is 4.63. The summed E-state index contributed by atoms with van der Waals surface area (Å²) in [7, 11) is -3.54. The number of hydrogen-bond acceptors (Lipinski definition) is 4. The number of aryl methyl sites for hydroxylation is 1. The molecule has 0 fully saturated rings. The topological polar surface area (TPSA) is 86.8 Å². The van der Waals surface area contributed by atoms with E-state index in [1.165, 1.54) is 10.6 Å². The lowest BCUT2D eigenvalue weighted by molar-refractivity contribution is -0.141. The van der Waals surface area contributed by atoms with Crippen LogP contribution in [0, 0.1) is 6.92 Å². The summed E-state index contributed by atoms with van der Waals surface area (Å²) < 4.78 is 26.5. The first-order valence-electron chi connectivity index (χ1n) is 13.9. The van der Waals surface area contributed by atoms with Crippen molar-refractivity contribution >= 4 is 27.5 Å². The summed E-state index contributed by atoms with van der Waals surface area (Å²) >= 11 is 0. The minimum atomic E-state index is -3.54. The Balaban J connectivity index is 1.84. The number of anilines is 1. The summed E-state index contributed by atoms with van der Waals surface area (Å²) in [5.74, 6) is -0.368. The average Bonchev–Trinajstić information content (AvgIpc) is 2.93. The van der Waals surface area contributed by atoms with Crippen LogP contribution in [0.15, 0.2) is 84.9 Å². The van der Waals surface area contributed by atoms with Gasteiger partial charge in [-0.05, 0) is 48.6 Å². The molecule has 3 rings (SSSR count). The van der Waals surface area contributed by atoms with Crippen molar-refractivity contribution in [3.63, 3.8) is 0 Å². The van der Waals surface area contributed by atoms with E-state index < -0.39 is 16.1 Å². The van der Waals surface area contributed by atoms with Gasteiger partial charge >= 0.3 is 0 Å². The van der Waals surface area contributed by atoms with Gasteiger partial charge in [0, 0.05) is 32.5 Å². The Labute approximate surface area is 239 Å². The quantitative estimate of drug-likeness (QED) is 0.261. The van der Waals surface area contributed by atoms with Crippen LogP contribution in [0.2, 0.25) is 0 Å². The zero-order valence-corrected chi connectivity index (χ0v) is 24.6. The van der Waals surface area contributed by atoms with Crippen LogP contribution in [0.3, 0.4) is 0 Å². The normalized spacial score (nSPS) is 12.0. The highest BCUT2D eigenvalue weighted by Crippen LogP contribution is 2.21. The van der Waals surface area contributed by atoms with E-state index in [4.69, 9.17) is 0 Å². The second kappa shape index (κ2) is 15.2. The van der Waals surface area contributed by atoms with E-state index in [-0.39, 0.29) is 31.3 Å². The summed E-state index contributed by atoms with van der Waals surface area (Å²) in [6, 6.07) is 25.9. The highest BCUT2D eigenvalue weighted by Gasteiger charge is 2.30. The number of nitrogens with one attached hydrogen (secondary N) is 1. The number of amides is 2. The van der Waals surface area contributed by atoms with Crippen LogP contribution in [0.1, 0.15) is 49.3 Å². The number of benzene rings is 3. The minimum Gasteiger partial charge on any atom is -0.354 e. The fourth-order valence-corrected chi connectivity index (χ4v) is 5.58. The third-order valence-corrected chi connectivity index (χ3v) is 7.93. The second-order valence-corrected chi connectivity index (χ2v) is 12.0. The standard InChI is InChI=1S/C32H41N3O4S/c1-4-5-21-33-32(37)30(24-27-15-8-6-9-16-27)34(25-28-17-10-7-11-18-28)31(36)20-13-22-35(40(3,38)39)29-19-12-14-26(2)23-29/h6-12,14-19,23,30H,4-5,13,20-22,24-25H2,1-3H3,(H,33,37). The fraction of sp³-hybridized carbons (Fsp3) is 0.375. The lowest BCUT2D eigenvalue weighted by atomic mass is 10.0. The van der Waals surface area contributed by atoms with Crippen LogP contribution in [-0.2, 0) is 32.6 Å². The summed E-state index contributed by atoms with van der Waals surface area (Å²) in [6.07, 6.45) is 3.80. The van der Waals surface area contributed by atoms with Crippen molar-refractivity contribution in [2.24, 2.45) is 0 Å². The van der Waals surface area contributed by atoms with E-state index in [0.29, 0.717) is 25.1 Å². The largest absolute Gasteiger partial charge is 0.354 e. The van der Waals surface area contributed by atoms with Crippen molar-refractivity contribution in [1.82, 2.24) is 10.2 Å². The molecule has 0 radical (unpaired) electrons. The highest BCUT2D eigenvalue weighted by atomic mass is 32.2. The van der Waals surface area contributed by atoms with Gasteiger partial charge in [-0.3, -0.25) is 13.9 Å². The number of rotatable bonds is 15. The van der Waals surface area contributed by atoms with Gasteiger partial charge in [-0.2, -0.15) is 0 Å². The Bertz CT molecular complexity index is 1330. The molecular formula is C32H41N3O4S. The summed E-state index contributed by atoms with van der Waals surface area (Å²) in [5.41, 5.74) is 3.42. The van der Waals surface area contributed by atoms with Gasteiger partial charge < -0.3 is 10.2 Å². The molecule has 0 aromatic heterocycles. The second-order valence-electron chi connectivity index (χ2n) is 10.1. The number of carbonyl (C=O) groups is 2. The molecule has 0 aliphatic rings. The summed E-state index contributed by atoms with van der Waals surface area (Å²) in [6.45, 7) is 4.97. The molecule has 1 atom stereocenters. The number of nitrogens with zero attached hydrogens (tertiary/aromatic N) is 2. The number of unbranched alkanes of at least 4 members (excludes halogenated alkanes) is 1. The van der Waals surface area contributed by atoms with E-state index in [9.17, 15) is 18.0 Å². The third-order valence-electron chi connectivity index (χ3n) is 6.74. The maximum Gasteiger partial charge on any atom is 0.243 e. The van der Waals surface area contributed by atoms with Gasteiger partial charge in [0.25, 0.3) is 0 Å². The van der Waals surface area contributed by atoms with Gasteiger partial charge in [-0.1, -0.05) is 86.1 Å². The SMILES string of the molecule is CCCCNC(=O)C(Cc1ccccc1)N(Cc1ccccc1)C(=O)CCCN(c1cccc(C)c1)S(C)(=O)=O. The monoisotopic (exact) mass is 563 g/mol. The first-order chi connectivity index (χ1) is 19.2. The molecule has 8 heteroatoms. The molecule has 3 aromatic carbocycles. The third kappa shape index (κ3) is 9.52. The molecule has 0 bridgehead atoms. The van der Waals surface area contributed by atoms with E-state index in [2.05, 4.69) is 12.2 Å². The molecule has 0 spiro atoms. The van der Waals surface area contributed by atoms with Gasteiger partial charge in [0.2, 0.25) is 21.8 Å². The lowest BCUT2D eigenvalue weighted by Gasteiger charge is -2.32. The maximum absolute atomic E-state index is 13.8. The Kier molecular flexibility index (Phi) is 11.8. The lowest BCUT2D eigenvalue weighted by Crippen LogP contribution is -2.50. The van der Waals surface area contributed by atoms with Gasteiger partial charge in [-0.25, -0.2) is 8.42 Å². The Morgan fingerprint density at radius 1 is 0.875 bits per heavy atom. The molecule has 214 valence electrons. The van der Waals surface area contributed by atoms with E-state index in [0.717, 1.165) is 29.5 Å². The molecule has 1 N–H and O–H groups in total. The predicted octanol–water partition coefficient (Wildman–Crippen LogP) is 5.10. The molecule has 0 heterocycles. The van der Waals surface area contributed by atoms with Gasteiger partial charge in [0.1, 0.15) is 6.04 Å². The average molecular weight is 564 g/mol. The Morgan fingerprint density at radius 2 is 1.52 bits per heavy atom. The van der Waals surface area contributed by atoms with E-state index >= 15 is 0 Å². The molecule has 0 saturated heterocycles. The zero-order valence-electron chi connectivity index (χ0n) is 23.8. The zero-order chi connectivity index (χ0) is 29.0. The number of sulfonamides is 1. The Hall–Kier alpha value is -3.65. The van der Waals surface area contributed by atoms with E-state index in [1.54, 1.807) is 11.0 Å². The van der Waals surface area contributed by atoms with Crippen molar-refractivity contribution in [3.05, 3.63) is 102 Å². The molecule has 0 aliphatic carbocycles. The molecule has 40 heavy (non-hydrogen) atoms. The van der Waals surface area contributed by atoms with Crippen LogP contribution in [0.4, 0.5) is 5.69 Å². The summed E-state index contributed by atoms with van der Waals surface area (Å²) in [5, 5.41) is 3.03. The van der Waals surface area contributed by atoms with E-state index in [1.807, 2.05) is 85.8 Å². The van der Waals surface area contributed by atoms with Crippen molar-refractivity contribution in [2.45, 2.75) is 58.5 Å². The molecule has 0 aliphatic heterocycles. The van der Waals surface area contributed by atoms with Crippen LogP contribution < -0.4 is 9.62 Å². The number of hydrogen-bond donors (Lipinski definition) is 1. The smallest absolute Gasteiger partial charge is 0.243 e. The first-order valence-corrected chi connectivity index (χ1v) is 15.7. The predicted molar refractivity (Wildman–Crippen MR) is 161 cm³/mol. The first kappa shape index (κ1) is 30.9. The van der Waals surface area contributed by atoms with Crippen LogP contribution in [0.25, 0.3) is 0 Å². The molecule has 3 aromatic rings. The van der Waals surface area contributed by atoms with Crippen molar-refractivity contribution in [3.8, 4) is 0 Å².